The van der Waals surface area contributed by atoms with Crippen LogP contribution in [0.3, 0.4) is 0 Å². The average Bonchev–Trinajstić information content (AvgIpc) is 2.48. The SMILES string of the molecule is Cc1cccc2c1SC[N+](NS(=O)(=O)c1ccccc1)=C2. The Morgan fingerprint density at radius 2 is 1.86 bits per heavy atom. The fraction of sp³-hybridized carbons (Fsp3) is 0.133. The lowest BCUT2D eigenvalue weighted by Gasteiger charge is -2.13. The van der Waals surface area contributed by atoms with Crippen LogP contribution in [0.1, 0.15) is 11.1 Å². The molecule has 6 heteroatoms. The average molecular weight is 319 g/mol. The molecule has 0 unspecified atom stereocenters. The van der Waals surface area contributed by atoms with Crippen LogP contribution in [0.5, 0.6) is 0 Å². The lowest BCUT2D eigenvalue weighted by Crippen LogP contribution is -2.36. The third-order valence-electron chi connectivity index (χ3n) is 3.18. The summed E-state index contributed by atoms with van der Waals surface area (Å²) in [6, 6.07) is 14.4. The second kappa shape index (κ2) is 5.54. The number of hydrazine groups is 1. The number of aryl methyl sites for hydroxylation is 1. The monoisotopic (exact) mass is 319 g/mol. The number of hydrogen-bond acceptors (Lipinski definition) is 3. The summed E-state index contributed by atoms with van der Waals surface area (Å²) in [5.41, 5.74) is 2.24. The Balaban J connectivity index is 1.90. The molecule has 0 saturated carbocycles. The molecule has 0 amide bonds. The van der Waals surface area contributed by atoms with Crippen molar-refractivity contribution < 1.29 is 13.1 Å². The van der Waals surface area contributed by atoms with Crippen molar-refractivity contribution in [1.29, 1.82) is 0 Å². The summed E-state index contributed by atoms with van der Waals surface area (Å²) in [4.78, 5) is 4.06. The third-order valence-corrected chi connectivity index (χ3v) is 5.80. The smallest absolute Gasteiger partial charge is 0.197 e. The van der Waals surface area contributed by atoms with Gasteiger partial charge in [0.25, 0.3) is 0 Å². The number of benzene rings is 2. The molecule has 1 aliphatic heterocycles. The largest absolute Gasteiger partial charge is 0.306 e. The minimum atomic E-state index is -3.54. The quantitative estimate of drug-likeness (QED) is 0.884. The summed E-state index contributed by atoms with van der Waals surface area (Å²) in [5.74, 6) is 0.546. The van der Waals surface area contributed by atoms with E-state index in [1.54, 1.807) is 46.8 Å². The minimum Gasteiger partial charge on any atom is -0.197 e. The van der Waals surface area contributed by atoms with E-state index in [4.69, 9.17) is 0 Å². The van der Waals surface area contributed by atoms with E-state index in [1.807, 2.05) is 18.3 Å². The molecular weight excluding hydrogens is 304 g/mol. The summed E-state index contributed by atoms with van der Waals surface area (Å²) in [5, 5.41) is 0. The molecule has 2 aromatic rings. The molecule has 1 N–H and O–H groups in total. The van der Waals surface area contributed by atoms with E-state index >= 15 is 0 Å². The number of fused-ring (bicyclic) bond motifs is 1. The lowest BCUT2D eigenvalue weighted by atomic mass is 10.1. The maximum Gasteiger partial charge on any atom is 0.306 e. The van der Waals surface area contributed by atoms with Gasteiger partial charge in [0.2, 0.25) is 12.1 Å². The zero-order valence-corrected chi connectivity index (χ0v) is 13.1. The van der Waals surface area contributed by atoms with Crippen molar-refractivity contribution in [3.8, 4) is 0 Å². The van der Waals surface area contributed by atoms with Gasteiger partial charge in [-0.25, -0.2) is 0 Å². The Bertz CT molecular complexity index is 800. The highest BCUT2D eigenvalue weighted by atomic mass is 32.2. The Morgan fingerprint density at radius 1 is 1.10 bits per heavy atom. The summed E-state index contributed by atoms with van der Waals surface area (Å²) in [6.07, 6.45) is 1.83. The van der Waals surface area contributed by atoms with Crippen LogP contribution in [-0.2, 0) is 10.0 Å². The zero-order valence-electron chi connectivity index (χ0n) is 11.5. The molecule has 0 aromatic heterocycles. The lowest BCUT2D eigenvalue weighted by molar-refractivity contribution is -0.540. The number of nitrogens with one attached hydrogen (secondary N) is 1. The molecule has 2 aromatic carbocycles. The second-order valence-corrected chi connectivity index (χ2v) is 7.39. The van der Waals surface area contributed by atoms with Crippen molar-refractivity contribution in [2.45, 2.75) is 16.7 Å². The van der Waals surface area contributed by atoms with Gasteiger partial charge in [-0.1, -0.05) is 51.6 Å². The van der Waals surface area contributed by atoms with Crippen LogP contribution < -0.4 is 4.83 Å². The molecule has 0 radical (unpaired) electrons. The van der Waals surface area contributed by atoms with Gasteiger partial charge in [0.05, 0.1) is 10.5 Å². The number of hydrazone groups is 1. The first kappa shape index (κ1) is 14.2. The number of nitrogens with zero attached hydrogens (tertiary/aromatic N) is 1. The molecule has 3 rings (SSSR count). The molecule has 0 spiro atoms. The Morgan fingerprint density at radius 3 is 2.62 bits per heavy atom. The van der Waals surface area contributed by atoms with Gasteiger partial charge in [-0.3, -0.25) is 0 Å². The van der Waals surface area contributed by atoms with Crippen LogP contribution in [0.2, 0.25) is 0 Å². The van der Waals surface area contributed by atoms with E-state index in [0.717, 1.165) is 5.56 Å². The molecule has 1 aliphatic rings. The van der Waals surface area contributed by atoms with Gasteiger partial charge in [-0.2, -0.15) is 8.42 Å². The number of rotatable bonds is 3. The highest BCUT2D eigenvalue weighted by Gasteiger charge is 2.24. The highest BCUT2D eigenvalue weighted by molar-refractivity contribution is 7.99. The molecule has 21 heavy (non-hydrogen) atoms. The first-order valence-electron chi connectivity index (χ1n) is 6.48. The van der Waals surface area contributed by atoms with Gasteiger partial charge >= 0.3 is 10.0 Å². The van der Waals surface area contributed by atoms with Gasteiger partial charge < -0.3 is 0 Å². The van der Waals surface area contributed by atoms with E-state index in [9.17, 15) is 8.42 Å². The highest BCUT2D eigenvalue weighted by Crippen LogP contribution is 2.28. The van der Waals surface area contributed by atoms with E-state index in [-0.39, 0.29) is 4.90 Å². The van der Waals surface area contributed by atoms with Crippen LogP contribution in [0.4, 0.5) is 0 Å². The Kier molecular flexibility index (Phi) is 3.73. The summed E-state index contributed by atoms with van der Waals surface area (Å²) in [6.45, 7) is 2.06. The number of thioether (sulfide) groups is 1. The van der Waals surface area contributed by atoms with Crippen LogP contribution in [0.15, 0.2) is 58.3 Å². The molecule has 0 saturated heterocycles. The minimum absolute atomic E-state index is 0.262. The van der Waals surface area contributed by atoms with E-state index in [0.29, 0.717) is 5.88 Å². The molecule has 4 nitrogen and oxygen atoms in total. The van der Waals surface area contributed by atoms with Crippen molar-refractivity contribution in [2.24, 2.45) is 0 Å². The first-order chi connectivity index (χ1) is 10.1. The molecule has 0 aliphatic carbocycles. The molecule has 0 bridgehead atoms. The van der Waals surface area contributed by atoms with Gasteiger partial charge in [0.1, 0.15) is 0 Å². The van der Waals surface area contributed by atoms with Crippen LogP contribution >= 0.6 is 11.8 Å². The van der Waals surface area contributed by atoms with Crippen LogP contribution in [-0.4, -0.2) is 25.2 Å². The normalized spacial score (nSPS) is 14.2. The van der Waals surface area contributed by atoms with Gasteiger partial charge in [0.15, 0.2) is 0 Å². The maximum atomic E-state index is 12.3. The van der Waals surface area contributed by atoms with Crippen molar-refractivity contribution in [1.82, 2.24) is 4.83 Å². The Hall–Kier alpha value is -1.79. The topological polar surface area (TPSA) is 49.2 Å². The summed E-state index contributed by atoms with van der Waals surface area (Å²) in [7, 11) is -3.54. The van der Waals surface area contributed by atoms with Crippen molar-refractivity contribution in [3.63, 3.8) is 0 Å². The first-order valence-corrected chi connectivity index (χ1v) is 8.94. The standard InChI is InChI=1S/C15H15N2O2S2/c1-12-6-5-7-13-10-17(11-20-15(12)13)16-21(18,19)14-8-3-2-4-9-14/h2-10,16H,11H2,1H3/q+1. The van der Waals surface area contributed by atoms with Gasteiger partial charge in [-0.15, -0.1) is 0 Å². The number of sulfonamides is 1. The van der Waals surface area contributed by atoms with Crippen molar-refractivity contribution in [2.75, 3.05) is 5.88 Å². The number of hydrogen-bond donors (Lipinski definition) is 1. The van der Waals surface area contributed by atoms with E-state index < -0.39 is 10.0 Å². The third kappa shape index (κ3) is 2.96. The van der Waals surface area contributed by atoms with E-state index in [2.05, 4.69) is 17.8 Å². The molecule has 0 fully saturated rings. The zero-order chi connectivity index (χ0) is 14.9. The summed E-state index contributed by atoms with van der Waals surface area (Å²) >= 11 is 1.63. The van der Waals surface area contributed by atoms with E-state index in [1.165, 1.54) is 10.5 Å². The van der Waals surface area contributed by atoms with Crippen LogP contribution in [0.25, 0.3) is 0 Å². The second-order valence-electron chi connectivity index (χ2n) is 4.77. The Labute approximate surface area is 128 Å². The molecule has 0 atom stereocenters. The van der Waals surface area contributed by atoms with Gasteiger partial charge in [-0.05, 0) is 30.7 Å². The molecule has 108 valence electrons. The predicted octanol–water partition coefficient (Wildman–Crippen LogP) is 2.38. The van der Waals surface area contributed by atoms with Gasteiger partial charge in [0, 0.05) is 4.90 Å². The fourth-order valence-electron chi connectivity index (χ4n) is 2.17. The van der Waals surface area contributed by atoms with Crippen LogP contribution in [0, 0.1) is 6.92 Å². The maximum absolute atomic E-state index is 12.3. The van der Waals surface area contributed by atoms with Crippen molar-refractivity contribution >= 4 is 28.0 Å². The summed E-state index contributed by atoms with van der Waals surface area (Å²) < 4.78 is 26.2. The molecular formula is C15H15N2O2S2+. The predicted molar refractivity (Wildman–Crippen MR) is 84.1 cm³/mol. The van der Waals surface area contributed by atoms with Crippen molar-refractivity contribution in [3.05, 3.63) is 59.7 Å². The molecule has 1 heterocycles. The fourth-order valence-corrected chi connectivity index (χ4v) is 4.29.